The summed E-state index contributed by atoms with van der Waals surface area (Å²) in [5, 5.41) is 8.66. The van der Waals surface area contributed by atoms with Gasteiger partial charge in [-0.25, -0.2) is 0 Å². The summed E-state index contributed by atoms with van der Waals surface area (Å²) in [6.45, 7) is 0. The molecule has 1 N–H and O–H groups in total. The van der Waals surface area contributed by atoms with Crippen molar-refractivity contribution in [2.75, 3.05) is 0 Å². The van der Waals surface area contributed by atoms with Crippen LogP contribution in [0.2, 0.25) is 0 Å². The molecule has 0 heterocycles. The van der Waals surface area contributed by atoms with Crippen molar-refractivity contribution in [2.24, 2.45) is 17.8 Å². The van der Waals surface area contributed by atoms with E-state index in [0.717, 1.165) is 11.8 Å². The summed E-state index contributed by atoms with van der Waals surface area (Å²) in [5.74, 6) is 1.62. The van der Waals surface area contributed by atoms with Crippen molar-refractivity contribution in [3.05, 3.63) is 0 Å². The van der Waals surface area contributed by atoms with Crippen molar-refractivity contribution < 1.29 is 9.90 Å². The van der Waals surface area contributed by atoms with Gasteiger partial charge in [-0.05, 0) is 37.0 Å². The molecule has 2 bridgehead atoms. The Kier molecular flexibility index (Phi) is 2.07. The topological polar surface area (TPSA) is 37.3 Å². The fourth-order valence-corrected chi connectivity index (χ4v) is 3.06. The summed E-state index contributed by atoms with van der Waals surface area (Å²) in [6.07, 6.45) is 6.89. The molecule has 2 aliphatic rings. The van der Waals surface area contributed by atoms with Gasteiger partial charge < -0.3 is 5.11 Å². The Morgan fingerprint density at radius 2 is 1.75 bits per heavy atom. The minimum Gasteiger partial charge on any atom is -0.481 e. The van der Waals surface area contributed by atoms with Gasteiger partial charge in [0.1, 0.15) is 0 Å². The number of carboxylic acids is 1. The molecule has 0 aromatic heterocycles. The maximum absolute atomic E-state index is 10.5. The number of carbonyl (C=O) groups is 1. The van der Waals surface area contributed by atoms with Gasteiger partial charge in [0, 0.05) is 6.42 Å². The Morgan fingerprint density at radius 3 is 2.25 bits per heavy atom. The van der Waals surface area contributed by atoms with Crippen molar-refractivity contribution >= 4 is 5.97 Å². The average Bonchev–Trinajstić information content (AvgIpc) is 2.29. The predicted octanol–water partition coefficient (Wildman–Crippen LogP) is 2.29. The summed E-state index contributed by atoms with van der Waals surface area (Å²) in [4.78, 5) is 10.5. The molecule has 2 aliphatic carbocycles. The van der Waals surface area contributed by atoms with Crippen molar-refractivity contribution in [3.63, 3.8) is 0 Å². The van der Waals surface area contributed by atoms with E-state index in [0.29, 0.717) is 12.3 Å². The number of aliphatic carboxylic acids is 1. The maximum Gasteiger partial charge on any atom is 0.303 e. The number of rotatable bonds is 2. The highest BCUT2D eigenvalue weighted by atomic mass is 16.4. The van der Waals surface area contributed by atoms with Gasteiger partial charge in [0.25, 0.3) is 0 Å². The fraction of sp³-hybridized carbons (Fsp3) is 0.900. The van der Waals surface area contributed by atoms with E-state index in [1.54, 1.807) is 0 Å². The highest BCUT2D eigenvalue weighted by Crippen LogP contribution is 2.45. The molecular formula is C10H16O2. The molecule has 2 nitrogen and oxygen atoms in total. The first-order valence-electron chi connectivity index (χ1n) is 4.96. The van der Waals surface area contributed by atoms with Crippen LogP contribution in [0.15, 0.2) is 0 Å². The molecule has 68 valence electrons. The quantitative estimate of drug-likeness (QED) is 0.686. The minimum atomic E-state index is -0.610. The number of hydrogen-bond acceptors (Lipinski definition) is 1. The van der Waals surface area contributed by atoms with Gasteiger partial charge >= 0.3 is 5.97 Å². The lowest BCUT2D eigenvalue weighted by molar-refractivity contribution is -0.138. The van der Waals surface area contributed by atoms with Crippen LogP contribution in [-0.4, -0.2) is 11.1 Å². The van der Waals surface area contributed by atoms with Crippen molar-refractivity contribution in [1.82, 2.24) is 0 Å². The van der Waals surface area contributed by atoms with Crippen LogP contribution in [0.25, 0.3) is 0 Å². The zero-order chi connectivity index (χ0) is 8.55. The van der Waals surface area contributed by atoms with Crippen LogP contribution >= 0.6 is 0 Å². The second kappa shape index (κ2) is 3.08. The molecule has 2 heteroatoms. The molecule has 0 spiro atoms. The second-order valence-electron chi connectivity index (χ2n) is 4.48. The zero-order valence-corrected chi connectivity index (χ0v) is 7.33. The van der Waals surface area contributed by atoms with E-state index in [1.807, 2.05) is 0 Å². The monoisotopic (exact) mass is 168 g/mol. The van der Waals surface area contributed by atoms with Crippen LogP contribution < -0.4 is 0 Å². The smallest absolute Gasteiger partial charge is 0.303 e. The van der Waals surface area contributed by atoms with Gasteiger partial charge in [0.05, 0.1) is 0 Å². The molecule has 12 heavy (non-hydrogen) atoms. The van der Waals surface area contributed by atoms with E-state index >= 15 is 0 Å². The van der Waals surface area contributed by atoms with E-state index in [1.165, 1.54) is 32.1 Å². The first-order chi connectivity index (χ1) is 5.74. The van der Waals surface area contributed by atoms with Crippen LogP contribution in [0, 0.1) is 17.8 Å². The van der Waals surface area contributed by atoms with Gasteiger partial charge in [-0.3, -0.25) is 4.79 Å². The van der Waals surface area contributed by atoms with Gasteiger partial charge in [-0.2, -0.15) is 0 Å². The molecule has 0 aromatic rings. The van der Waals surface area contributed by atoms with E-state index in [4.69, 9.17) is 5.11 Å². The molecule has 0 saturated heterocycles. The van der Waals surface area contributed by atoms with E-state index in [9.17, 15) is 4.79 Å². The summed E-state index contributed by atoms with van der Waals surface area (Å²) in [7, 11) is 0. The molecule has 3 atom stereocenters. The normalized spacial score (nSPS) is 39.8. The number of carboxylic acid groups (broad SMARTS) is 1. The molecule has 1 unspecified atom stereocenters. The Labute approximate surface area is 73.0 Å². The molecule has 2 rings (SSSR count). The van der Waals surface area contributed by atoms with Crippen LogP contribution in [-0.2, 0) is 4.79 Å². The first kappa shape index (κ1) is 8.09. The Balaban J connectivity index is 1.89. The third-order valence-corrected chi connectivity index (χ3v) is 3.45. The highest BCUT2D eigenvalue weighted by molar-refractivity contribution is 5.67. The van der Waals surface area contributed by atoms with E-state index < -0.39 is 5.97 Å². The fourth-order valence-electron chi connectivity index (χ4n) is 3.06. The maximum atomic E-state index is 10.5. The third kappa shape index (κ3) is 1.62. The van der Waals surface area contributed by atoms with Crippen molar-refractivity contribution in [1.29, 1.82) is 0 Å². The van der Waals surface area contributed by atoms with Gasteiger partial charge in [-0.1, -0.05) is 12.8 Å². The van der Waals surface area contributed by atoms with Crippen molar-refractivity contribution in [2.45, 2.75) is 38.5 Å². The third-order valence-electron chi connectivity index (χ3n) is 3.45. The standard InChI is InChI=1S/C10H16O2/c11-10(12)6-9-4-7-1-2-8(3-7)5-9/h7-9H,1-6H2,(H,11,12)/t7-,8+,9?. The van der Waals surface area contributed by atoms with Crippen LogP contribution in [0.5, 0.6) is 0 Å². The van der Waals surface area contributed by atoms with Gasteiger partial charge in [-0.15, -0.1) is 0 Å². The minimum absolute atomic E-state index is 0.410. The molecule has 0 aromatic carbocycles. The lowest BCUT2D eigenvalue weighted by Crippen LogP contribution is -2.18. The summed E-state index contributed by atoms with van der Waals surface area (Å²) >= 11 is 0. The van der Waals surface area contributed by atoms with Crippen LogP contribution in [0.4, 0.5) is 0 Å². The molecule has 0 radical (unpaired) electrons. The zero-order valence-electron chi connectivity index (χ0n) is 7.33. The Morgan fingerprint density at radius 1 is 1.17 bits per heavy atom. The van der Waals surface area contributed by atoms with Gasteiger partial charge in [0.15, 0.2) is 0 Å². The molecule has 2 saturated carbocycles. The number of hydrogen-bond donors (Lipinski definition) is 1. The predicted molar refractivity (Wildman–Crippen MR) is 45.8 cm³/mol. The van der Waals surface area contributed by atoms with E-state index in [2.05, 4.69) is 0 Å². The second-order valence-corrected chi connectivity index (χ2v) is 4.48. The van der Waals surface area contributed by atoms with Crippen molar-refractivity contribution in [3.8, 4) is 0 Å². The average molecular weight is 168 g/mol. The largest absolute Gasteiger partial charge is 0.481 e. The number of fused-ring (bicyclic) bond motifs is 2. The lowest BCUT2D eigenvalue weighted by Gasteiger charge is -2.26. The Bertz CT molecular complexity index is 176. The van der Waals surface area contributed by atoms with E-state index in [-0.39, 0.29) is 0 Å². The Hall–Kier alpha value is -0.530. The van der Waals surface area contributed by atoms with Crippen LogP contribution in [0.1, 0.15) is 38.5 Å². The highest BCUT2D eigenvalue weighted by Gasteiger charge is 2.34. The molecular weight excluding hydrogens is 152 g/mol. The molecule has 2 fully saturated rings. The van der Waals surface area contributed by atoms with Gasteiger partial charge in [0.2, 0.25) is 0 Å². The summed E-state index contributed by atoms with van der Waals surface area (Å²) in [5.41, 5.74) is 0. The SMILES string of the molecule is O=C(O)CC1C[C@H]2CC[C@@H](C1)C2. The molecule has 0 amide bonds. The van der Waals surface area contributed by atoms with Crippen LogP contribution in [0.3, 0.4) is 0 Å². The molecule has 0 aliphatic heterocycles. The lowest BCUT2D eigenvalue weighted by atomic mass is 9.79. The summed E-state index contributed by atoms with van der Waals surface area (Å²) < 4.78 is 0. The first-order valence-corrected chi connectivity index (χ1v) is 4.96. The summed E-state index contributed by atoms with van der Waals surface area (Å²) in [6, 6.07) is 0.